The van der Waals surface area contributed by atoms with Crippen LogP contribution in [0, 0.1) is 0 Å². The van der Waals surface area contributed by atoms with Crippen molar-refractivity contribution in [3.05, 3.63) is 0 Å². The van der Waals surface area contributed by atoms with Crippen molar-refractivity contribution in [2.75, 3.05) is 54.1 Å². The SMILES string of the molecule is CCCCCCCCCCCCCCCCCCCCCCCCCCOC[C@@H](O)COP(=O)([O-])OCC[N+](C)(C)C. The number of aliphatic hydroxyl groups is 1. The van der Waals surface area contributed by atoms with E-state index in [4.69, 9.17) is 13.8 Å². The average Bonchev–Trinajstić information content (AvgIpc) is 2.93. The minimum absolute atomic E-state index is 0.0520. The van der Waals surface area contributed by atoms with Crippen LogP contribution < -0.4 is 4.89 Å². The largest absolute Gasteiger partial charge is 0.756 e. The van der Waals surface area contributed by atoms with Crippen LogP contribution in [0.3, 0.4) is 0 Å². The van der Waals surface area contributed by atoms with Crippen LogP contribution in [-0.4, -0.2) is 69.8 Å². The standard InChI is InChI=1S/C34H72NO6P/c1-5-6-7-8-9-10-11-12-13-14-15-16-17-18-19-20-21-22-23-24-25-26-27-28-30-39-32-34(36)33-41-42(37,38)40-31-29-35(2,3)4/h34,36H,5-33H2,1-4H3/t34-/m1/s1. The summed E-state index contributed by atoms with van der Waals surface area (Å²) in [5.41, 5.74) is 0. The molecule has 0 spiro atoms. The maximum Gasteiger partial charge on any atom is 0.268 e. The first-order valence-electron chi connectivity index (χ1n) is 17.8. The first-order chi connectivity index (χ1) is 20.2. The number of rotatable bonds is 34. The van der Waals surface area contributed by atoms with Gasteiger partial charge in [-0.2, -0.15) is 0 Å². The van der Waals surface area contributed by atoms with Crippen LogP contribution in [-0.2, 0) is 18.3 Å². The van der Waals surface area contributed by atoms with E-state index in [-0.39, 0.29) is 19.8 Å². The van der Waals surface area contributed by atoms with Crippen LogP contribution in [0.5, 0.6) is 0 Å². The number of phosphoric ester groups is 1. The molecule has 0 aliphatic rings. The van der Waals surface area contributed by atoms with Gasteiger partial charge in [0.1, 0.15) is 19.3 Å². The van der Waals surface area contributed by atoms with Crippen LogP contribution in [0.25, 0.3) is 0 Å². The third-order valence-electron chi connectivity index (χ3n) is 7.89. The van der Waals surface area contributed by atoms with Gasteiger partial charge < -0.3 is 28.3 Å². The Balaban J connectivity index is 3.27. The summed E-state index contributed by atoms with van der Waals surface area (Å²) in [4.78, 5) is 11.7. The predicted octanol–water partition coefficient (Wildman–Crippen LogP) is 8.95. The maximum absolute atomic E-state index is 11.7. The quantitative estimate of drug-likeness (QED) is 0.0438. The second-order valence-corrected chi connectivity index (χ2v) is 14.9. The van der Waals surface area contributed by atoms with Crippen molar-refractivity contribution >= 4 is 7.82 Å². The number of hydrogen-bond acceptors (Lipinski definition) is 6. The van der Waals surface area contributed by atoms with Gasteiger partial charge in [-0.15, -0.1) is 0 Å². The van der Waals surface area contributed by atoms with Gasteiger partial charge >= 0.3 is 0 Å². The first kappa shape index (κ1) is 42.0. The average molecular weight is 622 g/mol. The molecular formula is C34H72NO6P. The van der Waals surface area contributed by atoms with Crippen molar-refractivity contribution in [3.8, 4) is 0 Å². The molecule has 42 heavy (non-hydrogen) atoms. The Bertz CT molecular complexity index is 601. The number of ether oxygens (including phenoxy) is 1. The summed E-state index contributed by atoms with van der Waals surface area (Å²) < 4.78 is 27.4. The fourth-order valence-corrected chi connectivity index (χ4v) is 5.81. The molecule has 0 aliphatic heterocycles. The number of hydrogen-bond donors (Lipinski definition) is 1. The van der Waals surface area contributed by atoms with Crippen molar-refractivity contribution in [1.82, 2.24) is 0 Å². The lowest BCUT2D eigenvalue weighted by atomic mass is 10.0. The lowest BCUT2D eigenvalue weighted by Gasteiger charge is -2.27. The molecule has 0 saturated carbocycles. The maximum atomic E-state index is 11.7. The molecule has 0 saturated heterocycles. The van der Waals surface area contributed by atoms with Crippen LogP contribution in [0.1, 0.15) is 161 Å². The van der Waals surface area contributed by atoms with Gasteiger partial charge in [0.15, 0.2) is 0 Å². The van der Waals surface area contributed by atoms with E-state index in [1.54, 1.807) is 0 Å². The van der Waals surface area contributed by atoms with Crippen LogP contribution >= 0.6 is 7.82 Å². The Morgan fingerprint density at radius 3 is 1.29 bits per heavy atom. The van der Waals surface area contributed by atoms with Gasteiger partial charge in [-0.3, -0.25) is 4.57 Å². The Morgan fingerprint density at radius 2 is 0.929 bits per heavy atom. The molecule has 254 valence electrons. The van der Waals surface area contributed by atoms with Crippen molar-refractivity contribution in [1.29, 1.82) is 0 Å². The van der Waals surface area contributed by atoms with Gasteiger partial charge in [-0.05, 0) is 6.42 Å². The number of quaternary nitrogens is 1. The highest BCUT2D eigenvalue weighted by Gasteiger charge is 2.15. The van der Waals surface area contributed by atoms with E-state index in [1.165, 1.54) is 141 Å². The molecule has 0 bridgehead atoms. The third-order valence-corrected chi connectivity index (χ3v) is 8.85. The lowest BCUT2D eigenvalue weighted by molar-refractivity contribution is -0.870. The van der Waals surface area contributed by atoms with E-state index in [9.17, 15) is 14.6 Å². The monoisotopic (exact) mass is 622 g/mol. The van der Waals surface area contributed by atoms with E-state index in [0.717, 1.165) is 12.8 Å². The van der Waals surface area contributed by atoms with Gasteiger partial charge in [0.25, 0.3) is 7.82 Å². The molecule has 0 aromatic rings. The molecule has 8 heteroatoms. The fraction of sp³-hybridized carbons (Fsp3) is 1.00. The summed E-state index contributed by atoms with van der Waals surface area (Å²) in [5.74, 6) is 0. The highest BCUT2D eigenvalue weighted by Crippen LogP contribution is 2.38. The highest BCUT2D eigenvalue weighted by atomic mass is 31.2. The Morgan fingerprint density at radius 1 is 0.571 bits per heavy atom. The zero-order chi connectivity index (χ0) is 31.2. The molecule has 0 fully saturated rings. The van der Waals surface area contributed by atoms with Gasteiger partial charge in [0.05, 0.1) is 34.4 Å². The predicted molar refractivity (Wildman–Crippen MR) is 176 cm³/mol. The number of unbranched alkanes of at least 4 members (excludes halogenated alkanes) is 23. The molecule has 0 aliphatic carbocycles. The molecule has 7 nitrogen and oxygen atoms in total. The van der Waals surface area contributed by atoms with E-state index >= 15 is 0 Å². The molecule has 2 atom stereocenters. The molecule has 0 aromatic heterocycles. The normalized spacial score (nSPS) is 14.3. The molecule has 0 aromatic carbocycles. The second kappa shape index (κ2) is 29.7. The van der Waals surface area contributed by atoms with Gasteiger partial charge in [0, 0.05) is 6.61 Å². The second-order valence-electron chi connectivity index (χ2n) is 13.5. The molecule has 0 amide bonds. The smallest absolute Gasteiger partial charge is 0.268 e. The van der Waals surface area contributed by atoms with E-state index < -0.39 is 13.9 Å². The summed E-state index contributed by atoms with van der Waals surface area (Å²) in [6.07, 6.45) is 32.0. The topological polar surface area (TPSA) is 88.0 Å². The molecule has 0 heterocycles. The summed E-state index contributed by atoms with van der Waals surface area (Å²) in [6.45, 7) is 3.18. The Kier molecular flexibility index (Phi) is 29.7. The van der Waals surface area contributed by atoms with E-state index in [1.807, 2.05) is 21.1 Å². The van der Waals surface area contributed by atoms with Crippen LogP contribution in [0.4, 0.5) is 0 Å². The Hall–Kier alpha value is -0.0100. The van der Waals surface area contributed by atoms with Crippen LogP contribution in [0.15, 0.2) is 0 Å². The first-order valence-corrected chi connectivity index (χ1v) is 19.3. The molecule has 0 rings (SSSR count). The minimum atomic E-state index is -4.39. The van der Waals surface area contributed by atoms with Gasteiger partial charge in [-0.25, -0.2) is 0 Å². The van der Waals surface area contributed by atoms with Gasteiger partial charge in [-0.1, -0.05) is 155 Å². The van der Waals surface area contributed by atoms with Crippen molar-refractivity contribution in [3.63, 3.8) is 0 Å². The summed E-state index contributed by atoms with van der Waals surface area (Å²) in [7, 11) is 1.45. The zero-order valence-electron chi connectivity index (χ0n) is 28.5. The number of phosphoric acid groups is 1. The minimum Gasteiger partial charge on any atom is -0.756 e. The highest BCUT2D eigenvalue weighted by molar-refractivity contribution is 7.45. The Labute approximate surface area is 261 Å². The summed E-state index contributed by atoms with van der Waals surface area (Å²) >= 11 is 0. The number of nitrogens with zero attached hydrogens (tertiary/aromatic N) is 1. The van der Waals surface area contributed by atoms with Crippen LogP contribution in [0.2, 0.25) is 0 Å². The summed E-state index contributed by atoms with van der Waals surface area (Å²) in [6, 6.07) is 0. The summed E-state index contributed by atoms with van der Waals surface area (Å²) in [5, 5.41) is 9.89. The van der Waals surface area contributed by atoms with Crippen molar-refractivity contribution in [2.24, 2.45) is 0 Å². The van der Waals surface area contributed by atoms with Gasteiger partial charge in [0.2, 0.25) is 0 Å². The number of likely N-dealkylation sites (N-methyl/N-ethyl adjacent to an activating group) is 1. The van der Waals surface area contributed by atoms with Crippen molar-refractivity contribution < 1.29 is 32.8 Å². The lowest BCUT2D eigenvalue weighted by Crippen LogP contribution is -2.37. The molecule has 1 N–H and O–H groups in total. The number of aliphatic hydroxyl groups excluding tert-OH is 1. The molecular weight excluding hydrogens is 549 g/mol. The van der Waals surface area contributed by atoms with Crippen molar-refractivity contribution in [2.45, 2.75) is 167 Å². The van der Waals surface area contributed by atoms with E-state index in [2.05, 4.69) is 6.92 Å². The zero-order valence-corrected chi connectivity index (χ0v) is 29.4. The fourth-order valence-electron chi connectivity index (χ4n) is 5.08. The van der Waals surface area contributed by atoms with E-state index in [0.29, 0.717) is 17.6 Å². The molecule has 0 radical (unpaired) electrons. The molecule has 1 unspecified atom stereocenters. The third kappa shape index (κ3) is 34.5.